The van der Waals surface area contributed by atoms with Crippen LogP contribution >= 0.6 is 0 Å². The van der Waals surface area contributed by atoms with Gasteiger partial charge < -0.3 is 10.6 Å². The van der Waals surface area contributed by atoms with E-state index < -0.39 is 0 Å². The third-order valence-corrected chi connectivity index (χ3v) is 2.17. The largest absolute Gasteiger partial charge is 0.350 e. The first-order valence-corrected chi connectivity index (χ1v) is 4.15. The molecule has 1 rings (SSSR count). The molecule has 0 bridgehead atoms. The molecule has 64 valence electrons. The second-order valence-electron chi connectivity index (χ2n) is 3.49. The Bertz CT molecular complexity index is 156. The van der Waals surface area contributed by atoms with Gasteiger partial charge in [-0.2, -0.15) is 0 Å². The molecule has 0 radical (unpaired) electrons. The maximum Gasteiger partial charge on any atom is 0.237 e. The van der Waals surface area contributed by atoms with Crippen LogP contribution < -0.4 is 10.6 Å². The van der Waals surface area contributed by atoms with Gasteiger partial charge in [0.1, 0.15) is 0 Å². The fraction of sp³-hybridized carbons (Fsp3) is 0.875. The third-order valence-electron chi connectivity index (χ3n) is 2.17. The smallest absolute Gasteiger partial charge is 0.237 e. The van der Waals surface area contributed by atoms with Crippen LogP contribution in [-0.4, -0.2) is 24.5 Å². The molecule has 1 fully saturated rings. The number of carbonyl (C=O) groups is 1. The molecule has 3 nitrogen and oxygen atoms in total. The van der Waals surface area contributed by atoms with E-state index in [2.05, 4.69) is 24.5 Å². The number of piperazine rings is 1. The van der Waals surface area contributed by atoms with Crippen molar-refractivity contribution in [3.63, 3.8) is 0 Å². The Balaban J connectivity index is 2.46. The molecule has 0 saturated carbocycles. The summed E-state index contributed by atoms with van der Waals surface area (Å²) in [5.41, 5.74) is 0. The molecule has 0 unspecified atom stereocenters. The van der Waals surface area contributed by atoms with E-state index in [1.54, 1.807) is 0 Å². The second kappa shape index (κ2) is 3.22. The van der Waals surface area contributed by atoms with Crippen molar-refractivity contribution in [3.8, 4) is 0 Å². The summed E-state index contributed by atoms with van der Waals surface area (Å²) in [6.45, 7) is 7.00. The lowest BCUT2D eigenvalue weighted by atomic mass is 10.0. The first-order valence-electron chi connectivity index (χ1n) is 4.15. The summed E-state index contributed by atoms with van der Waals surface area (Å²) in [6, 6.07) is 0.281. The number of carbonyl (C=O) groups excluding carboxylic acids is 1. The maximum atomic E-state index is 11.1. The van der Waals surface area contributed by atoms with Crippen LogP contribution in [0, 0.1) is 5.92 Å². The summed E-state index contributed by atoms with van der Waals surface area (Å²) >= 11 is 0. The SMILES string of the molecule is CC(C)[C@@H]1CN[C@H](C)C(=O)N1. The molecule has 0 spiro atoms. The lowest BCUT2D eigenvalue weighted by Gasteiger charge is -2.30. The zero-order valence-electron chi connectivity index (χ0n) is 7.35. The molecule has 1 aliphatic heterocycles. The van der Waals surface area contributed by atoms with Crippen molar-refractivity contribution in [2.24, 2.45) is 5.92 Å². The van der Waals surface area contributed by atoms with Gasteiger partial charge in [-0.05, 0) is 12.8 Å². The summed E-state index contributed by atoms with van der Waals surface area (Å²) in [4.78, 5) is 11.1. The average molecular weight is 156 g/mol. The molecule has 3 heteroatoms. The summed E-state index contributed by atoms with van der Waals surface area (Å²) in [6.07, 6.45) is 0. The zero-order chi connectivity index (χ0) is 8.43. The van der Waals surface area contributed by atoms with Gasteiger partial charge in [0, 0.05) is 12.6 Å². The first kappa shape index (κ1) is 8.53. The van der Waals surface area contributed by atoms with Crippen LogP contribution in [0.15, 0.2) is 0 Å². The Labute approximate surface area is 67.5 Å². The molecular formula is C8H16N2O. The molecule has 1 saturated heterocycles. The molecule has 0 aromatic heterocycles. The van der Waals surface area contributed by atoms with Gasteiger partial charge >= 0.3 is 0 Å². The van der Waals surface area contributed by atoms with Crippen LogP contribution in [0.5, 0.6) is 0 Å². The van der Waals surface area contributed by atoms with Gasteiger partial charge in [0.05, 0.1) is 6.04 Å². The summed E-state index contributed by atoms with van der Waals surface area (Å²) in [7, 11) is 0. The average Bonchev–Trinajstić information content (AvgIpc) is 1.94. The molecule has 0 aromatic carbocycles. The maximum absolute atomic E-state index is 11.1. The quantitative estimate of drug-likeness (QED) is 0.566. The minimum Gasteiger partial charge on any atom is -0.350 e. The molecular weight excluding hydrogens is 140 g/mol. The molecule has 0 aromatic rings. The van der Waals surface area contributed by atoms with Gasteiger partial charge in [-0.3, -0.25) is 4.79 Å². The normalized spacial score (nSPS) is 32.2. The Morgan fingerprint density at radius 2 is 2.18 bits per heavy atom. The van der Waals surface area contributed by atoms with E-state index in [-0.39, 0.29) is 11.9 Å². The highest BCUT2D eigenvalue weighted by Crippen LogP contribution is 2.04. The van der Waals surface area contributed by atoms with Gasteiger partial charge in [0.2, 0.25) is 5.91 Å². The van der Waals surface area contributed by atoms with Crippen molar-refractivity contribution in [2.45, 2.75) is 32.9 Å². The predicted molar refractivity (Wildman–Crippen MR) is 44.2 cm³/mol. The van der Waals surface area contributed by atoms with E-state index in [0.717, 1.165) is 6.54 Å². The lowest BCUT2D eigenvalue weighted by molar-refractivity contribution is -0.125. The van der Waals surface area contributed by atoms with E-state index in [1.807, 2.05) is 6.92 Å². The molecule has 2 N–H and O–H groups in total. The minimum atomic E-state index is -0.0231. The molecule has 0 aliphatic carbocycles. The van der Waals surface area contributed by atoms with Crippen LogP contribution in [0.25, 0.3) is 0 Å². The van der Waals surface area contributed by atoms with Crippen LogP contribution in [0.2, 0.25) is 0 Å². The molecule has 2 atom stereocenters. The highest BCUT2D eigenvalue weighted by Gasteiger charge is 2.25. The van der Waals surface area contributed by atoms with Crippen molar-refractivity contribution in [3.05, 3.63) is 0 Å². The van der Waals surface area contributed by atoms with Crippen LogP contribution in [0.1, 0.15) is 20.8 Å². The number of rotatable bonds is 1. The fourth-order valence-electron chi connectivity index (χ4n) is 1.16. The third kappa shape index (κ3) is 1.93. The Morgan fingerprint density at radius 1 is 1.55 bits per heavy atom. The first-order chi connectivity index (χ1) is 5.11. The van der Waals surface area contributed by atoms with Gasteiger partial charge in [-0.25, -0.2) is 0 Å². The topological polar surface area (TPSA) is 41.1 Å². The number of hydrogen-bond donors (Lipinski definition) is 2. The van der Waals surface area contributed by atoms with Crippen LogP contribution in [0.3, 0.4) is 0 Å². The van der Waals surface area contributed by atoms with Crippen molar-refractivity contribution < 1.29 is 4.79 Å². The van der Waals surface area contributed by atoms with Crippen molar-refractivity contribution in [1.29, 1.82) is 0 Å². The van der Waals surface area contributed by atoms with Gasteiger partial charge in [0.25, 0.3) is 0 Å². The number of nitrogens with one attached hydrogen (secondary N) is 2. The molecule has 1 amide bonds. The highest BCUT2D eigenvalue weighted by molar-refractivity contribution is 5.82. The number of hydrogen-bond acceptors (Lipinski definition) is 2. The van der Waals surface area contributed by atoms with Crippen molar-refractivity contribution >= 4 is 5.91 Å². The standard InChI is InChI=1S/C8H16N2O/c1-5(2)7-4-9-6(3)8(11)10-7/h5-7,9H,4H2,1-3H3,(H,10,11)/t6-,7+/m1/s1. The van der Waals surface area contributed by atoms with Gasteiger partial charge in [-0.1, -0.05) is 13.8 Å². The highest BCUT2D eigenvalue weighted by atomic mass is 16.2. The summed E-state index contributed by atoms with van der Waals surface area (Å²) in [5.74, 6) is 0.633. The van der Waals surface area contributed by atoms with E-state index in [0.29, 0.717) is 12.0 Å². The van der Waals surface area contributed by atoms with E-state index in [1.165, 1.54) is 0 Å². The second-order valence-corrected chi connectivity index (χ2v) is 3.49. The van der Waals surface area contributed by atoms with Crippen LogP contribution in [-0.2, 0) is 4.79 Å². The molecule has 1 aliphatic rings. The van der Waals surface area contributed by atoms with Gasteiger partial charge in [0.15, 0.2) is 0 Å². The number of amides is 1. The monoisotopic (exact) mass is 156 g/mol. The zero-order valence-corrected chi connectivity index (χ0v) is 7.35. The fourth-order valence-corrected chi connectivity index (χ4v) is 1.16. The summed E-state index contributed by atoms with van der Waals surface area (Å²) in [5, 5.41) is 6.12. The lowest BCUT2D eigenvalue weighted by Crippen LogP contribution is -2.58. The molecule has 11 heavy (non-hydrogen) atoms. The van der Waals surface area contributed by atoms with Crippen molar-refractivity contribution in [2.75, 3.05) is 6.54 Å². The van der Waals surface area contributed by atoms with Gasteiger partial charge in [-0.15, -0.1) is 0 Å². The summed E-state index contributed by atoms with van der Waals surface area (Å²) < 4.78 is 0. The molecule has 1 heterocycles. The van der Waals surface area contributed by atoms with Crippen LogP contribution in [0.4, 0.5) is 0 Å². The van der Waals surface area contributed by atoms with E-state index in [4.69, 9.17) is 0 Å². The Hall–Kier alpha value is -0.570. The van der Waals surface area contributed by atoms with E-state index >= 15 is 0 Å². The Kier molecular flexibility index (Phi) is 2.49. The minimum absolute atomic E-state index is 0.0231. The predicted octanol–water partition coefficient (Wildman–Crippen LogP) is 0.119. The Morgan fingerprint density at radius 3 is 2.64 bits per heavy atom. The van der Waals surface area contributed by atoms with Crippen molar-refractivity contribution in [1.82, 2.24) is 10.6 Å². The van der Waals surface area contributed by atoms with E-state index in [9.17, 15) is 4.79 Å².